The molecule has 0 bridgehead atoms. The smallest absolute Gasteiger partial charge is 0.124 e. The number of aromatic nitrogens is 5. The van der Waals surface area contributed by atoms with E-state index in [-0.39, 0.29) is 5.41 Å². The van der Waals surface area contributed by atoms with Crippen molar-refractivity contribution in [2.24, 2.45) is 0 Å². The topological polar surface area (TPSA) is 94.3 Å². The Bertz CT molecular complexity index is 1450. The second-order valence-electron chi connectivity index (χ2n) is 11.2. The van der Waals surface area contributed by atoms with Gasteiger partial charge in [-0.25, -0.2) is 9.97 Å². The van der Waals surface area contributed by atoms with Crippen LogP contribution in [0.3, 0.4) is 0 Å². The molecule has 3 aliphatic rings. The molecular weight excluding hydrogens is 458 g/mol. The molecule has 0 saturated carbocycles. The summed E-state index contributed by atoms with van der Waals surface area (Å²) in [5.41, 5.74) is 6.95. The van der Waals surface area contributed by atoms with Crippen molar-refractivity contribution >= 4 is 16.5 Å². The van der Waals surface area contributed by atoms with Gasteiger partial charge in [0, 0.05) is 28.3 Å². The molecule has 2 saturated heterocycles. The molecule has 2 fully saturated rings. The zero-order valence-corrected chi connectivity index (χ0v) is 21.5. The molecule has 3 aromatic heterocycles. The van der Waals surface area contributed by atoms with Gasteiger partial charge in [0.25, 0.3) is 0 Å². The number of aromatic amines is 2. The van der Waals surface area contributed by atoms with Crippen LogP contribution in [0.5, 0.6) is 0 Å². The van der Waals surface area contributed by atoms with Crippen LogP contribution in [0.1, 0.15) is 87.0 Å². The van der Waals surface area contributed by atoms with Gasteiger partial charge in [-0.15, -0.1) is 0 Å². The molecular formula is C30H35N7. The van der Waals surface area contributed by atoms with E-state index in [4.69, 9.17) is 9.97 Å². The Balaban J connectivity index is 1.09. The van der Waals surface area contributed by atoms with Gasteiger partial charge in [0.2, 0.25) is 0 Å². The summed E-state index contributed by atoms with van der Waals surface area (Å²) in [5.74, 6) is 2.12. The molecule has 37 heavy (non-hydrogen) atoms. The fraction of sp³-hybridized carbons (Fsp3) is 0.433. The van der Waals surface area contributed by atoms with E-state index >= 15 is 0 Å². The molecule has 0 amide bonds. The summed E-state index contributed by atoms with van der Waals surface area (Å²) >= 11 is 0. The number of rotatable bonds is 5. The molecule has 7 nitrogen and oxygen atoms in total. The number of nitrogens with one attached hydrogen (secondary N) is 4. The normalized spacial score (nSPS) is 26.1. The summed E-state index contributed by atoms with van der Waals surface area (Å²) in [5, 5.41) is 8.21. The van der Waals surface area contributed by atoms with Crippen molar-refractivity contribution < 1.29 is 0 Å². The average molecular weight is 494 g/mol. The summed E-state index contributed by atoms with van der Waals surface area (Å²) in [4.78, 5) is 21.6. The number of allylic oxidation sites excluding steroid dienone is 2. The first-order valence-corrected chi connectivity index (χ1v) is 13.8. The van der Waals surface area contributed by atoms with E-state index < -0.39 is 0 Å². The van der Waals surface area contributed by atoms with Crippen molar-refractivity contribution in [3.63, 3.8) is 0 Å². The minimum atomic E-state index is 0.0393. The van der Waals surface area contributed by atoms with E-state index in [2.05, 4.69) is 68.9 Å². The van der Waals surface area contributed by atoms with Gasteiger partial charge < -0.3 is 20.6 Å². The van der Waals surface area contributed by atoms with Crippen LogP contribution in [0.25, 0.3) is 27.7 Å². The van der Waals surface area contributed by atoms with Gasteiger partial charge in [-0.05, 0) is 81.8 Å². The maximum Gasteiger partial charge on any atom is 0.124 e. The Morgan fingerprint density at radius 1 is 0.946 bits per heavy atom. The third-order valence-electron chi connectivity index (χ3n) is 8.67. The quantitative estimate of drug-likeness (QED) is 0.285. The van der Waals surface area contributed by atoms with Gasteiger partial charge in [-0.1, -0.05) is 25.1 Å². The maximum atomic E-state index is 5.13. The molecule has 7 rings (SSSR count). The Kier molecular flexibility index (Phi) is 5.70. The summed E-state index contributed by atoms with van der Waals surface area (Å²) in [6.07, 6.45) is 14.3. The zero-order valence-electron chi connectivity index (χ0n) is 21.5. The third-order valence-corrected chi connectivity index (χ3v) is 8.67. The minimum absolute atomic E-state index is 0.0393. The first-order chi connectivity index (χ1) is 18.1. The SMILES string of the molecule is CC1(c2ccc3cc(-c4c[nH]c([C@@H]5CCCN5)n4)ccc3n2)CC=C(c2cnc([C@@H]3CCCN3)[nH]2)CC1. The van der Waals surface area contributed by atoms with Crippen LogP contribution in [0.2, 0.25) is 0 Å². The Morgan fingerprint density at radius 3 is 2.54 bits per heavy atom. The number of hydrogen-bond acceptors (Lipinski definition) is 5. The van der Waals surface area contributed by atoms with Crippen LogP contribution < -0.4 is 10.6 Å². The van der Waals surface area contributed by atoms with Crippen LogP contribution in [0.4, 0.5) is 0 Å². The number of H-pyrrole nitrogens is 2. The summed E-state index contributed by atoms with van der Waals surface area (Å²) in [6.45, 7) is 4.51. The van der Waals surface area contributed by atoms with Crippen molar-refractivity contribution in [2.75, 3.05) is 13.1 Å². The average Bonchev–Trinajstić information content (AvgIpc) is 3.75. The predicted octanol–water partition coefficient (Wildman–Crippen LogP) is 5.72. The fourth-order valence-corrected chi connectivity index (χ4v) is 6.24. The van der Waals surface area contributed by atoms with Crippen molar-refractivity contribution in [3.05, 3.63) is 71.8 Å². The molecule has 0 spiro atoms. The van der Waals surface area contributed by atoms with Crippen molar-refractivity contribution in [3.8, 4) is 11.3 Å². The van der Waals surface area contributed by atoms with Crippen LogP contribution in [-0.4, -0.2) is 38.0 Å². The highest BCUT2D eigenvalue weighted by Gasteiger charge is 2.31. The maximum absolute atomic E-state index is 5.13. The highest BCUT2D eigenvalue weighted by atomic mass is 15.0. The summed E-state index contributed by atoms with van der Waals surface area (Å²) in [7, 11) is 0. The van der Waals surface area contributed by atoms with Gasteiger partial charge >= 0.3 is 0 Å². The number of benzene rings is 1. The monoisotopic (exact) mass is 493 g/mol. The fourth-order valence-electron chi connectivity index (χ4n) is 6.24. The number of pyridine rings is 1. The molecule has 1 aromatic carbocycles. The summed E-state index contributed by atoms with van der Waals surface area (Å²) in [6, 6.07) is 11.7. The first kappa shape index (κ1) is 22.9. The van der Waals surface area contributed by atoms with Gasteiger partial charge in [0.05, 0.1) is 35.2 Å². The van der Waals surface area contributed by atoms with Crippen molar-refractivity contribution in [2.45, 2.75) is 69.4 Å². The molecule has 1 aliphatic carbocycles. The molecule has 1 unspecified atom stereocenters. The highest BCUT2D eigenvalue weighted by Crippen LogP contribution is 2.41. The Morgan fingerprint density at radius 2 is 1.78 bits per heavy atom. The van der Waals surface area contributed by atoms with Gasteiger partial charge in [0.15, 0.2) is 0 Å². The zero-order chi connectivity index (χ0) is 24.8. The number of nitrogens with zero attached hydrogens (tertiary/aromatic N) is 3. The standard InChI is InChI=1S/C30H35N7/c1-30(12-10-19(11-13-30)25-17-33-28(36-25)23-4-2-14-31-23)27-9-7-20-16-21(6-8-22(20)35-27)26-18-34-29(37-26)24-5-3-15-32-24/h6-10,16-18,23-24,31-32H,2-5,11-15H2,1H3,(H,33,36)(H,34,37)/t23-,24-,30?/m0/s1. The summed E-state index contributed by atoms with van der Waals surface area (Å²) < 4.78 is 0. The Hall–Kier alpha value is -3.29. The minimum Gasteiger partial charge on any atom is -0.347 e. The van der Waals surface area contributed by atoms with E-state index in [0.717, 1.165) is 72.6 Å². The lowest BCUT2D eigenvalue weighted by Crippen LogP contribution is -2.25. The largest absolute Gasteiger partial charge is 0.347 e. The molecule has 7 heteroatoms. The van der Waals surface area contributed by atoms with Crippen molar-refractivity contribution in [1.29, 1.82) is 0 Å². The molecule has 5 heterocycles. The van der Waals surface area contributed by atoms with Gasteiger partial charge in [-0.3, -0.25) is 4.98 Å². The van der Waals surface area contributed by atoms with E-state index in [1.54, 1.807) is 0 Å². The lowest BCUT2D eigenvalue weighted by Gasteiger charge is -2.32. The lowest BCUT2D eigenvalue weighted by atomic mass is 9.73. The molecule has 190 valence electrons. The molecule has 0 radical (unpaired) electrons. The first-order valence-electron chi connectivity index (χ1n) is 13.8. The molecule has 4 N–H and O–H groups in total. The third kappa shape index (κ3) is 4.30. The molecule has 3 atom stereocenters. The predicted molar refractivity (Wildman–Crippen MR) is 147 cm³/mol. The molecule has 4 aromatic rings. The van der Waals surface area contributed by atoms with Crippen LogP contribution in [0.15, 0.2) is 48.8 Å². The van der Waals surface area contributed by atoms with Crippen LogP contribution in [-0.2, 0) is 5.41 Å². The van der Waals surface area contributed by atoms with E-state index in [9.17, 15) is 0 Å². The number of hydrogen-bond donors (Lipinski definition) is 4. The van der Waals surface area contributed by atoms with Gasteiger partial charge in [0.1, 0.15) is 11.6 Å². The second-order valence-corrected chi connectivity index (χ2v) is 11.2. The number of imidazole rings is 2. The van der Waals surface area contributed by atoms with Crippen molar-refractivity contribution in [1.82, 2.24) is 35.6 Å². The second kappa shape index (κ2) is 9.23. The van der Waals surface area contributed by atoms with Gasteiger partial charge in [-0.2, -0.15) is 0 Å². The lowest BCUT2D eigenvalue weighted by molar-refractivity contribution is 0.422. The van der Waals surface area contributed by atoms with E-state index in [0.29, 0.717) is 12.1 Å². The Labute approximate surface area is 217 Å². The van der Waals surface area contributed by atoms with E-state index in [1.165, 1.54) is 36.2 Å². The van der Waals surface area contributed by atoms with Crippen LogP contribution >= 0.6 is 0 Å². The molecule has 2 aliphatic heterocycles. The number of fused-ring (bicyclic) bond motifs is 1. The van der Waals surface area contributed by atoms with Crippen LogP contribution in [0, 0.1) is 0 Å². The van der Waals surface area contributed by atoms with E-state index in [1.807, 2.05) is 12.4 Å². The highest BCUT2D eigenvalue weighted by molar-refractivity contribution is 5.84.